The van der Waals surface area contributed by atoms with Gasteiger partial charge >= 0.3 is 0 Å². The van der Waals surface area contributed by atoms with Gasteiger partial charge in [0.25, 0.3) is 0 Å². The lowest BCUT2D eigenvalue weighted by molar-refractivity contribution is -0.116. The number of carbonyl (C=O) groups excluding carboxylic acids is 1. The molecule has 7 heteroatoms. The van der Waals surface area contributed by atoms with E-state index in [0.29, 0.717) is 23.4 Å². The van der Waals surface area contributed by atoms with Gasteiger partial charge in [-0.25, -0.2) is 0 Å². The smallest absolute Gasteiger partial charge is 0.224 e. The Bertz CT molecular complexity index is 1200. The summed E-state index contributed by atoms with van der Waals surface area (Å²) in [6.45, 7) is 7.06. The summed E-state index contributed by atoms with van der Waals surface area (Å²) in [6, 6.07) is 26.8. The molecular weight excluding hydrogens is 508 g/mol. The predicted molar refractivity (Wildman–Crippen MR) is 160 cm³/mol. The molecule has 39 heavy (non-hydrogen) atoms. The van der Waals surface area contributed by atoms with Crippen molar-refractivity contribution in [1.82, 2.24) is 9.80 Å². The average molecular weight is 547 g/mol. The minimum Gasteiger partial charge on any atom is -0.495 e. The van der Waals surface area contributed by atoms with E-state index in [9.17, 15) is 4.79 Å². The van der Waals surface area contributed by atoms with Gasteiger partial charge in [-0.1, -0.05) is 54.1 Å². The minimum absolute atomic E-state index is 0.0669. The number of carbonyl (C=O) groups is 1. The molecule has 2 aliphatic heterocycles. The monoisotopic (exact) mass is 546 g/mol. The predicted octanol–water partition coefficient (Wildman–Crippen LogP) is 5.78. The number of benzene rings is 3. The van der Waals surface area contributed by atoms with Gasteiger partial charge in [-0.2, -0.15) is 0 Å². The second-order valence-electron chi connectivity index (χ2n) is 10.6. The summed E-state index contributed by atoms with van der Waals surface area (Å²) in [5.41, 5.74) is 3.32. The summed E-state index contributed by atoms with van der Waals surface area (Å²) in [4.78, 5) is 20.5. The van der Waals surface area contributed by atoms with Crippen molar-refractivity contribution in [2.24, 2.45) is 5.92 Å². The van der Waals surface area contributed by atoms with Crippen LogP contribution in [0.25, 0.3) is 0 Å². The zero-order valence-electron chi connectivity index (χ0n) is 22.8. The summed E-state index contributed by atoms with van der Waals surface area (Å²) < 4.78 is 5.62. The number of piperazine rings is 1. The Labute approximate surface area is 237 Å². The first-order valence-electron chi connectivity index (χ1n) is 14.0. The number of hydrogen-bond donors (Lipinski definition) is 1. The first-order valence-corrected chi connectivity index (χ1v) is 14.4. The van der Waals surface area contributed by atoms with Crippen molar-refractivity contribution in [3.63, 3.8) is 0 Å². The zero-order valence-corrected chi connectivity index (χ0v) is 23.5. The summed E-state index contributed by atoms with van der Waals surface area (Å²) in [5.74, 6) is 1.44. The third-order valence-electron chi connectivity index (χ3n) is 8.11. The fourth-order valence-corrected chi connectivity index (χ4v) is 6.23. The molecule has 206 valence electrons. The van der Waals surface area contributed by atoms with E-state index in [2.05, 4.69) is 62.5 Å². The van der Waals surface area contributed by atoms with Gasteiger partial charge in [0, 0.05) is 62.4 Å². The second-order valence-corrected chi connectivity index (χ2v) is 11.1. The first kappa shape index (κ1) is 27.5. The Morgan fingerprint density at radius 3 is 2.38 bits per heavy atom. The van der Waals surface area contributed by atoms with Crippen LogP contribution < -0.4 is 15.0 Å². The van der Waals surface area contributed by atoms with E-state index in [1.165, 1.54) is 11.3 Å². The quantitative estimate of drug-likeness (QED) is 0.369. The summed E-state index contributed by atoms with van der Waals surface area (Å²) in [7, 11) is 1.74. The molecule has 3 aromatic rings. The van der Waals surface area contributed by atoms with E-state index < -0.39 is 0 Å². The number of likely N-dealkylation sites (tertiary alicyclic amines) is 1. The molecule has 0 aliphatic carbocycles. The van der Waals surface area contributed by atoms with Crippen molar-refractivity contribution in [1.29, 1.82) is 0 Å². The molecule has 0 spiro atoms. The van der Waals surface area contributed by atoms with Crippen molar-refractivity contribution in [3.05, 3.63) is 89.4 Å². The van der Waals surface area contributed by atoms with Crippen molar-refractivity contribution < 1.29 is 9.53 Å². The van der Waals surface area contributed by atoms with Crippen molar-refractivity contribution in [2.45, 2.75) is 31.8 Å². The van der Waals surface area contributed by atoms with Crippen molar-refractivity contribution in [2.75, 3.05) is 56.6 Å². The number of nitrogens with zero attached hydrogens (tertiary/aromatic N) is 3. The van der Waals surface area contributed by atoms with Crippen LogP contribution in [0, 0.1) is 5.92 Å². The number of ether oxygens (including phenoxy) is 1. The molecule has 2 aliphatic rings. The van der Waals surface area contributed by atoms with Gasteiger partial charge in [0.1, 0.15) is 5.75 Å². The number of para-hydroxylation sites is 2. The Kier molecular flexibility index (Phi) is 9.40. The fraction of sp³-hybridized carbons (Fsp3) is 0.406. The second kappa shape index (κ2) is 13.3. The normalized spacial score (nSPS) is 20.5. The lowest BCUT2D eigenvalue weighted by atomic mass is 9.86. The van der Waals surface area contributed by atoms with Crippen LogP contribution in [0.1, 0.15) is 24.8 Å². The molecule has 1 N–H and O–H groups in total. The van der Waals surface area contributed by atoms with E-state index in [1.54, 1.807) is 19.2 Å². The minimum atomic E-state index is 0.0669. The van der Waals surface area contributed by atoms with E-state index in [0.717, 1.165) is 70.1 Å². The number of methoxy groups -OCH3 is 1. The lowest BCUT2D eigenvalue weighted by Crippen LogP contribution is -2.56. The third kappa shape index (κ3) is 7.33. The zero-order chi connectivity index (χ0) is 27.0. The van der Waals surface area contributed by atoms with Crippen LogP contribution >= 0.6 is 11.6 Å². The maximum absolute atomic E-state index is 12.9. The molecule has 2 fully saturated rings. The number of rotatable bonds is 9. The Balaban J connectivity index is 1.22. The number of piperidine rings is 1. The van der Waals surface area contributed by atoms with Crippen LogP contribution in [0.2, 0.25) is 5.02 Å². The van der Waals surface area contributed by atoms with Crippen LogP contribution in [0.4, 0.5) is 11.4 Å². The van der Waals surface area contributed by atoms with E-state index in [1.807, 2.05) is 24.3 Å². The Hall–Kier alpha value is -3.06. The topological polar surface area (TPSA) is 48.1 Å². The van der Waals surface area contributed by atoms with Crippen LogP contribution in [-0.2, 0) is 11.3 Å². The molecule has 0 bridgehead atoms. The van der Waals surface area contributed by atoms with Gasteiger partial charge in [-0.3, -0.25) is 14.6 Å². The van der Waals surface area contributed by atoms with Crippen molar-refractivity contribution in [3.8, 4) is 5.75 Å². The molecular formula is C32H39ClN4O2. The van der Waals surface area contributed by atoms with Gasteiger partial charge in [0.2, 0.25) is 5.91 Å². The van der Waals surface area contributed by atoms with Crippen LogP contribution in [-0.4, -0.2) is 68.1 Å². The van der Waals surface area contributed by atoms with Gasteiger partial charge in [-0.15, -0.1) is 0 Å². The van der Waals surface area contributed by atoms with Crippen LogP contribution in [0.15, 0.2) is 78.9 Å². The van der Waals surface area contributed by atoms with Crippen LogP contribution in [0.5, 0.6) is 5.75 Å². The Morgan fingerprint density at radius 2 is 1.64 bits per heavy atom. The number of nitrogens with one attached hydrogen (secondary N) is 1. The molecule has 2 saturated heterocycles. The molecule has 0 aromatic heterocycles. The molecule has 0 saturated carbocycles. The number of amides is 1. The molecule has 2 heterocycles. The number of halogens is 1. The maximum Gasteiger partial charge on any atom is 0.224 e. The van der Waals surface area contributed by atoms with Gasteiger partial charge in [0.15, 0.2) is 0 Å². The van der Waals surface area contributed by atoms with E-state index >= 15 is 0 Å². The molecule has 3 aromatic carbocycles. The fourth-order valence-electron chi connectivity index (χ4n) is 6.10. The summed E-state index contributed by atoms with van der Waals surface area (Å²) >= 11 is 6.00. The molecule has 2 atom stereocenters. The highest BCUT2D eigenvalue weighted by molar-refractivity contribution is 6.30. The number of hydrogen-bond acceptors (Lipinski definition) is 5. The van der Waals surface area contributed by atoms with E-state index in [4.69, 9.17) is 16.3 Å². The van der Waals surface area contributed by atoms with Gasteiger partial charge < -0.3 is 15.0 Å². The third-order valence-corrected chi connectivity index (χ3v) is 8.36. The van der Waals surface area contributed by atoms with Gasteiger partial charge in [0.05, 0.1) is 12.8 Å². The highest BCUT2D eigenvalue weighted by atomic mass is 35.5. The summed E-state index contributed by atoms with van der Waals surface area (Å²) in [6.07, 6.45) is 2.53. The molecule has 5 rings (SSSR count). The standard InChI is InChI=1S/C32H39ClN4O2/c1-39-31-10-6-5-9-30(31)37-21-19-36(20-22-37)29-17-18-35(23-25-7-3-2-4-8-25)24-26(29)11-16-32(38)34-28-14-12-27(33)13-15-28/h2-10,12-15,26,29H,11,16-24H2,1H3,(H,34,38)/t26-,29+/m0/s1. The maximum atomic E-state index is 12.9. The SMILES string of the molecule is COc1ccccc1N1CCN([C@@H]2CCN(Cc3ccccc3)C[C@@H]2CCC(=O)Nc2ccc(Cl)cc2)CC1. The van der Waals surface area contributed by atoms with E-state index in [-0.39, 0.29) is 5.91 Å². The molecule has 1 amide bonds. The van der Waals surface area contributed by atoms with Crippen molar-refractivity contribution >= 4 is 28.9 Å². The lowest BCUT2D eigenvalue weighted by Gasteiger charge is -2.47. The molecule has 0 radical (unpaired) electrons. The summed E-state index contributed by atoms with van der Waals surface area (Å²) in [5, 5.41) is 3.71. The average Bonchev–Trinajstić information content (AvgIpc) is 2.98. The number of anilines is 2. The first-order chi connectivity index (χ1) is 19.1. The largest absolute Gasteiger partial charge is 0.495 e. The van der Waals surface area contributed by atoms with Crippen LogP contribution in [0.3, 0.4) is 0 Å². The highest BCUT2D eigenvalue weighted by Crippen LogP contribution is 2.32. The highest BCUT2D eigenvalue weighted by Gasteiger charge is 2.35. The Morgan fingerprint density at radius 1 is 0.923 bits per heavy atom. The molecule has 6 nitrogen and oxygen atoms in total. The van der Waals surface area contributed by atoms with Gasteiger partial charge in [-0.05, 0) is 67.3 Å². The molecule has 0 unspecified atom stereocenters.